The quantitative estimate of drug-likeness (QED) is 0.270. The Morgan fingerprint density at radius 1 is 0.976 bits per heavy atom. The molecule has 0 bridgehead atoms. The highest BCUT2D eigenvalue weighted by atomic mass is 32.2. The Kier molecular flexibility index (Phi) is 11.3. The first-order valence-corrected chi connectivity index (χ1v) is 15.1. The second-order valence-electron chi connectivity index (χ2n) is 9.84. The fraction of sp³-hybridized carbons (Fsp3) is 0.355. The van der Waals surface area contributed by atoms with Crippen LogP contribution >= 0.6 is 0 Å². The number of nitrogens with one attached hydrogen (secondary N) is 1. The van der Waals surface area contributed by atoms with Gasteiger partial charge in [-0.1, -0.05) is 43.2 Å². The van der Waals surface area contributed by atoms with Crippen molar-refractivity contribution in [1.29, 1.82) is 0 Å². The number of aryl methyl sites for hydroxylation is 1. The van der Waals surface area contributed by atoms with Crippen molar-refractivity contribution in [3.05, 3.63) is 83.7 Å². The molecule has 0 radical (unpaired) electrons. The summed E-state index contributed by atoms with van der Waals surface area (Å²) in [6.45, 7) is 5.44. The number of carbonyl (C=O) groups is 2. The summed E-state index contributed by atoms with van der Waals surface area (Å²) >= 11 is 0. The van der Waals surface area contributed by atoms with Crippen molar-refractivity contribution < 1.29 is 31.9 Å². The Labute approximate surface area is 247 Å². The van der Waals surface area contributed by atoms with Gasteiger partial charge in [-0.3, -0.25) is 13.9 Å². The van der Waals surface area contributed by atoms with Crippen LogP contribution in [0.3, 0.4) is 0 Å². The highest BCUT2D eigenvalue weighted by molar-refractivity contribution is 7.92. The number of halogens is 1. The number of hydrogen-bond donors (Lipinski definition) is 1. The van der Waals surface area contributed by atoms with Crippen LogP contribution in [0.15, 0.2) is 71.6 Å². The van der Waals surface area contributed by atoms with Crippen LogP contribution in [0.1, 0.15) is 37.8 Å². The summed E-state index contributed by atoms with van der Waals surface area (Å²) in [6.07, 6.45) is 1.67. The monoisotopic (exact) mass is 599 g/mol. The molecule has 226 valence electrons. The number of ether oxygens (including phenoxy) is 2. The molecule has 0 saturated heterocycles. The third kappa shape index (κ3) is 8.00. The van der Waals surface area contributed by atoms with Crippen LogP contribution in [0.25, 0.3) is 0 Å². The smallest absolute Gasteiger partial charge is 0.264 e. The predicted molar refractivity (Wildman–Crippen MR) is 160 cm³/mol. The van der Waals surface area contributed by atoms with Crippen molar-refractivity contribution in [1.82, 2.24) is 10.2 Å². The van der Waals surface area contributed by atoms with Gasteiger partial charge in [0.25, 0.3) is 10.0 Å². The Hall–Kier alpha value is -4.12. The number of methoxy groups -OCH3 is 2. The average molecular weight is 600 g/mol. The van der Waals surface area contributed by atoms with E-state index in [0.29, 0.717) is 12.3 Å². The lowest BCUT2D eigenvalue weighted by atomic mass is 10.1. The SMILES string of the molecule is CCCCNC(=O)[C@@H](C)N(Cc1cccc(C)c1)C(=O)CN(c1ccc(F)cc1)S(=O)(=O)c1ccc(OC)c(OC)c1. The molecule has 0 heterocycles. The van der Waals surface area contributed by atoms with Crippen molar-refractivity contribution >= 4 is 27.5 Å². The van der Waals surface area contributed by atoms with Gasteiger partial charge in [0.15, 0.2) is 11.5 Å². The molecule has 3 rings (SSSR count). The number of sulfonamides is 1. The highest BCUT2D eigenvalue weighted by Gasteiger charge is 2.33. The first-order valence-electron chi connectivity index (χ1n) is 13.6. The molecule has 3 aromatic rings. The van der Waals surface area contributed by atoms with Crippen LogP contribution in [0.5, 0.6) is 11.5 Å². The van der Waals surface area contributed by atoms with Crippen molar-refractivity contribution in [2.24, 2.45) is 0 Å². The molecule has 0 aliphatic rings. The van der Waals surface area contributed by atoms with E-state index in [-0.39, 0.29) is 28.8 Å². The van der Waals surface area contributed by atoms with Crippen molar-refractivity contribution in [2.45, 2.75) is 51.1 Å². The Bertz CT molecular complexity index is 1480. The first kappa shape index (κ1) is 32.4. The zero-order valence-electron chi connectivity index (χ0n) is 24.6. The Morgan fingerprint density at radius 3 is 2.29 bits per heavy atom. The van der Waals surface area contributed by atoms with Crippen LogP contribution in [-0.4, -0.2) is 58.5 Å². The van der Waals surface area contributed by atoms with E-state index in [4.69, 9.17) is 9.47 Å². The van der Waals surface area contributed by atoms with Gasteiger partial charge in [0.05, 0.1) is 24.8 Å². The van der Waals surface area contributed by atoms with E-state index in [1.165, 1.54) is 49.5 Å². The fourth-order valence-corrected chi connectivity index (χ4v) is 5.80. The second-order valence-corrected chi connectivity index (χ2v) is 11.7. The number of hydrogen-bond acceptors (Lipinski definition) is 6. The van der Waals surface area contributed by atoms with Gasteiger partial charge < -0.3 is 19.7 Å². The van der Waals surface area contributed by atoms with Crippen LogP contribution in [0.4, 0.5) is 10.1 Å². The van der Waals surface area contributed by atoms with Gasteiger partial charge in [-0.2, -0.15) is 0 Å². The third-order valence-corrected chi connectivity index (χ3v) is 8.54. The van der Waals surface area contributed by atoms with E-state index in [2.05, 4.69) is 5.32 Å². The summed E-state index contributed by atoms with van der Waals surface area (Å²) in [5, 5.41) is 2.85. The van der Waals surface area contributed by atoms with E-state index in [1.54, 1.807) is 6.92 Å². The third-order valence-electron chi connectivity index (χ3n) is 6.77. The number of anilines is 1. The van der Waals surface area contributed by atoms with Gasteiger partial charge >= 0.3 is 0 Å². The lowest BCUT2D eigenvalue weighted by Gasteiger charge is -2.32. The predicted octanol–water partition coefficient (Wildman–Crippen LogP) is 4.68. The molecule has 2 amide bonds. The molecule has 0 saturated carbocycles. The first-order chi connectivity index (χ1) is 20.0. The molecule has 0 spiro atoms. The topological polar surface area (TPSA) is 105 Å². The molecule has 0 fully saturated rings. The van der Waals surface area contributed by atoms with Crippen molar-refractivity contribution in [2.75, 3.05) is 31.6 Å². The van der Waals surface area contributed by atoms with Gasteiger partial charge in [0.1, 0.15) is 18.4 Å². The van der Waals surface area contributed by atoms with Crippen LogP contribution < -0.4 is 19.1 Å². The largest absolute Gasteiger partial charge is 0.493 e. The van der Waals surface area contributed by atoms with Crippen molar-refractivity contribution in [3.63, 3.8) is 0 Å². The molecule has 42 heavy (non-hydrogen) atoms. The minimum Gasteiger partial charge on any atom is -0.493 e. The van der Waals surface area contributed by atoms with Crippen LogP contribution in [0.2, 0.25) is 0 Å². The van der Waals surface area contributed by atoms with Gasteiger partial charge in [-0.25, -0.2) is 12.8 Å². The molecule has 0 aliphatic carbocycles. The minimum atomic E-state index is -4.37. The molecular formula is C31H38FN3O6S. The lowest BCUT2D eigenvalue weighted by molar-refractivity contribution is -0.139. The Balaban J connectivity index is 2.04. The molecule has 0 unspecified atom stereocenters. The van der Waals surface area contributed by atoms with Crippen molar-refractivity contribution in [3.8, 4) is 11.5 Å². The number of unbranched alkanes of at least 4 members (excludes halogenated alkanes) is 1. The molecule has 0 aliphatic heterocycles. The average Bonchev–Trinajstić information content (AvgIpc) is 2.98. The summed E-state index contributed by atoms with van der Waals surface area (Å²) < 4.78 is 53.3. The molecule has 11 heteroatoms. The second kappa shape index (κ2) is 14.7. The summed E-state index contributed by atoms with van der Waals surface area (Å²) in [5.74, 6) is -1.01. The number of nitrogens with zero attached hydrogens (tertiary/aromatic N) is 2. The number of benzene rings is 3. The van der Waals surface area contributed by atoms with Gasteiger partial charge in [-0.05, 0) is 62.2 Å². The summed E-state index contributed by atoms with van der Waals surface area (Å²) in [5.41, 5.74) is 1.84. The maximum absolute atomic E-state index is 14.0. The van der Waals surface area contributed by atoms with Crippen LogP contribution in [-0.2, 0) is 26.2 Å². The molecule has 0 aromatic heterocycles. The maximum Gasteiger partial charge on any atom is 0.264 e. The summed E-state index contributed by atoms with van der Waals surface area (Å²) in [4.78, 5) is 28.2. The molecule has 1 N–H and O–H groups in total. The lowest BCUT2D eigenvalue weighted by Crippen LogP contribution is -2.51. The molecule has 1 atom stereocenters. The summed E-state index contributed by atoms with van der Waals surface area (Å²) in [6, 6.07) is 15.5. The van der Waals surface area contributed by atoms with E-state index >= 15 is 0 Å². The maximum atomic E-state index is 14.0. The van der Waals surface area contributed by atoms with E-state index < -0.39 is 34.3 Å². The number of amides is 2. The minimum absolute atomic E-state index is 0.0788. The number of rotatable bonds is 14. The van der Waals surface area contributed by atoms with Gasteiger partial charge in [0, 0.05) is 19.2 Å². The van der Waals surface area contributed by atoms with E-state index in [9.17, 15) is 22.4 Å². The zero-order valence-corrected chi connectivity index (χ0v) is 25.4. The highest BCUT2D eigenvalue weighted by Crippen LogP contribution is 2.32. The standard InChI is InChI=1S/C31H38FN3O6S/c1-6-7-17-33-31(37)23(3)34(20-24-10-8-9-22(2)18-24)30(36)21-35(26-13-11-25(32)12-14-26)42(38,39)27-15-16-28(40-4)29(19-27)41-5/h8-16,18-19,23H,6-7,17,20-21H2,1-5H3,(H,33,37)/t23-/m1/s1. The van der Waals surface area contributed by atoms with Crippen LogP contribution in [0, 0.1) is 12.7 Å². The van der Waals surface area contributed by atoms with Gasteiger partial charge in [-0.15, -0.1) is 0 Å². The van der Waals surface area contributed by atoms with Gasteiger partial charge in [0.2, 0.25) is 11.8 Å². The molecule has 9 nitrogen and oxygen atoms in total. The summed E-state index contributed by atoms with van der Waals surface area (Å²) in [7, 11) is -1.56. The fourth-order valence-electron chi connectivity index (χ4n) is 4.37. The normalized spacial score (nSPS) is 11.9. The Morgan fingerprint density at radius 2 is 1.67 bits per heavy atom. The molecule has 3 aromatic carbocycles. The van der Waals surface area contributed by atoms with E-state index in [1.807, 2.05) is 38.1 Å². The molecular weight excluding hydrogens is 561 g/mol. The number of carbonyl (C=O) groups excluding carboxylic acids is 2. The van der Waals surface area contributed by atoms with E-state index in [0.717, 1.165) is 40.4 Å². The zero-order chi connectivity index (χ0) is 30.9.